The third kappa shape index (κ3) is 2.97. The van der Waals surface area contributed by atoms with E-state index in [0.717, 1.165) is 23.5 Å². The number of hydrogen-bond donors (Lipinski definition) is 1. The minimum Gasteiger partial charge on any atom is -0.494 e. The van der Waals surface area contributed by atoms with Crippen molar-refractivity contribution in [1.29, 1.82) is 0 Å². The van der Waals surface area contributed by atoms with E-state index in [1.165, 1.54) is 7.11 Å². The van der Waals surface area contributed by atoms with E-state index in [2.05, 4.69) is 9.71 Å². The molecule has 0 fully saturated rings. The number of anilines is 1. The number of methoxy groups -OCH3 is 1. The molecule has 0 bridgehead atoms. The number of fused-ring (bicyclic) bond motifs is 1. The van der Waals surface area contributed by atoms with Crippen LogP contribution in [0, 0.1) is 11.6 Å². The third-order valence-electron chi connectivity index (χ3n) is 3.01. The number of ether oxygens (including phenoxy) is 1. The van der Waals surface area contributed by atoms with Gasteiger partial charge in [0.25, 0.3) is 10.0 Å². The summed E-state index contributed by atoms with van der Waals surface area (Å²) in [6.45, 7) is 0. The quantitative estimate of drug-likeness (QED) is 0.778. The molecule has 23 heavy (non-hydrogen) atoms. The van der Waals surface area contributed by atoms with Crippen LogP contribution in [0.1, 0.15) is 0 Å². The van der Waals surface area contributed by atoms with Crippen LogP contribution in [0.25, 0.3) is 10.2 Å². The number of hydrogen-bond acceptors (Lipinski definition) is 5. The van der Waals surface area contributed by atoms with Crippen LogP contribution in [0.4, 0.5) is 13.9 Å². The number of para-hydroxylation sites is 1. The monoisotopic (exact) mass is 356 g/mol. The van der Waals surface area contributed by atoms with Gasteiger partial charge in [-0.05, 0) is 24.3 Å². The molecule has 0 unspecified atom stereocenters. The fourth-order valence-electron chi connectivity index (χ4n) is 1.99. The zero-order valence-corrected chi connectivity index (χ0v) is 13.3. The van der Waals surface area contributed by atoms with E-state index in [4.69, 9.17) is 4.74 Å². The van der Waals surface area contributed by atoms with Crippen LogP contribution in [0.5, 0.6) is 5.75 Å². The predicted molar refractivity (Wildman–Crippen MR) is 83.3 cm³/mol. The first-order valence-corrected chi connectivity index (χ1v) is 8.62. The molecule has 0 spiro atoms. The Kier molecular flexibility index (Phi) is 3.90. The standard InChI is InChI=1S/C14H10F2N2O3S2/c1-21-10-3-2-4-11-13(10)17-14(22-11)18-23(19,20)12-6-5-8(15)7-9(12)16/h2-7H,1H3,(H,17,18). The van der Waals surface area contributed by atoms with E-state index in [1.807, 2.05) is 0 Å². The zero-order valence-electron chi connectivity index (χ0n) is 11.7. The molecular weight excluding hydrogens is 346 g/mol. The van der Waals surface area contributed by atoms with Crippen molar-refractivity contribution in [3.05, 3.63) is 48.0 Å². The molecule has 9 heteroatoms. The SMILES string of the molecule is COc1cccc2sc(NS(=O)(=O)c3ccc(F)cc3F)nc12. The number of halogens is 2. The lowest BCUT2D eigenvalue weighted by atomic mass is 10.3. The highest BCUT2D eigenvalue weighted by atomic mass is 32.2. The Morgan fingerprint density at radius 1 is 1.22 bits per heavy atom. The molecule has 0 aliphatic rings. The van der Waals surface area contributed by atoms with Gasteiger partial charge in [-0.15, -0.1) is 0 Å². The topological polar surface area (TPSA) is 68.3 Å². The van der Waals surface area contributed by atoms with Crippen molar-refractivity contribution in [2.45, 2.75) is 4.90 Å². The van der Waals surface area contributed by atoms with Gasteiger partial charge in [0, 0.05) is 6.07 Å². The van der Waals surface area contributed by atoms with Crippen molar-refractivity contribution < 1.29 is 21.9 Å². The molecule has 2 aromatic carbocycles. The van der Waals surface area contributed by atoms with Gasteiger partial charge < -0.3 is 4.74 Å². The molecule has 0 saturated carbocycles. The lowest BCUT2D eigenvalue weighted by Gasteiger charge is -2.06. The molecule has 1 heterocycles. The lowest BCUT2D eigenvalue weighted by molar-refractivity contribution is 0.419. The maximum absolute atomic E-state index is 13.7. The number of sulfonamides is 1. The molecule has 0 saturated heterocycles. The normalized spacial score (nSPS) is 11.6. The number of rotatable bonds is 4. The smallest absolute Gasteiger partial charge is 0.266 e. The molecule has 0 amide bonds. The Bertz CT molecular complexity index is 987. The molecule has 0 radical (unpaired) electrons. The second kappa shape index (κ2) is 5.74. The summed E-state index contributed by atoms with van der Waals surface area (Å²) in [4.78, 5) is 3.50. The number of nitrogens with one attached hydrogen (secondary N) is 1. The van der Waals surface area contributed by atoms with Crippen LogP contribution in [0.15, 0.2) is 41.3 Å². The summed E-state index contributed by atoms with van der Waals surface area (Å²) in [5.41, 5.74) is 0.497. The van der Waals surface area contributed by atoms with Gasteiger partial charge in [0.05, 0.1) is 11.8 Å². The Morgan fingerprint density at radius 2 is 2.00 bits per heavy atom. The molecule has 3 rings (SSSR count). The number of nitrogens with zero attached hydrogens (tertiary/aromatic N) is 1. The summed E-state index contributed by atoms with van der Waals surface area (Å²) >= 11 is 1.08. The minimum atomic E-state index is -4.21. The van der Waals surface area contributed by atoms with Crippen molar-refractivity contribution in [3.63, 3.8) is 0 Å². The highest BCUT2D eigenvalue weighted by Crippen LogP contribution is 2.33. The van der Waals surface area contributed by atoms with Crippen LogP contribution in [-0.4, -0.2) is 20.5 Å². The summed E-state index contributed by atoms with van der Waals surface area (Å²) in [5.74, 6) is -1.53. The van der Waals surface area contributed by atoms with Crippen LogP contribution >= 0.6 is 11.3 Å². The van der Waals surface area contributed by atoms with Gasteiger partial charge in [-0.2, -0.15) is 0 Å². The average molecular weight is 356 g/mol. The lowest BCUT2D eigenvalue weighted by Crippen LogP contribution is -2.14. The molecular formula is C14H10F2N2O3S2. The van der Waals surface area contributed by atoms with Gasteiger partial charge in [-0.25, -0.2) is 22.2 Å². The first-order chi connectivity index (χ1) is 10.9. The second-order valence-electron chi connectivity index (χ2n) is 4.51. The molecule has 3 aromatic rings. The van der Waals surface area contributed by atoms with E-state index in [0.29, 0.717) is 22.0 Å². The Labute approximate surface area is 134 Å². The molecule has 1 N–H and O–H groups in total. The van der Waals surface area contributed by atoms with Crippen molar-refractivity contribution in [1.82, 2.24) is 4.98 Å². The van der Waals surface area contributed by atoms with E-state index >= 15 is 0 Å². The van der Waals surface area contributed by atoms with Crippen molar-refractivity contribution in [3.8, 4) is 5.75 Å². The van der Waals surface area contributed by atoms with Crippen molar-refractivity contribution in [2.24, 2.45) is 0 Å². The Morgan fingerprint density at radius 3 is 2.70 bits per heavy atom. The molecule has 0 atom stereocenters. The molecule has 1 aromatic heterocycles. The number of benzene rings is 2. The predicted octanol–water partition coefficient (Wildman–Crippen LogP) is 3.38. The number of aromatic nitrogens is 1. The zero-order chi connectivity index (χ0) is 16.6. The highest BCUT2D eigenvalue weighted by Gasteiger charge is 2.21. The summed E-state index contributed by atoms with van der Waals surface area (Å²) < 4.78 is 59.1. The highest BCUT2D eigenvalue weighted by molar-refractivity contribution is 7.93. The van der Waals surface area contributed by atoms with E-state index in [1.54, 1.807) is 18.2 Å². The van der Waals surface area contributed by atoms with Gasteiger partial charge in [-0.3, -0.25) is 4.72 Å². The summed E-state index contributed by atoms with van der Waals surface area (Å²) in [6, 6.07) is 7.44. The van der Waals surface area contributed by atoms with Crippen LogP contribution < -0.4 is 9.46 Å². The van der Waals surface area contributed by atoms with Gasteiger partial charge in [0.1, 0.15) is 27.8 Å². The number of thiazole rings is 1. The fraction of sp³-hybridized carbons (Fsp3) is 0.0714. The average Bonchev–Trinajstić information content (AvgIpc) is 2.87. The maximum atomic E-state index is 13.7. The first kappa shape index (κ1) is 15.6. The van der Waals surface area contributed by atoms with Gasteiger partial charge in [-0.1, -0.05) is 17.4 Å². The van der Waals surface area contributed by atoms with Gasteiger partial charge in [0.15, 0.2) is 5.13 Å². The Hall–Kier alpha value is -2.26. The van der Waals surface area contributed by atoms with E-state index < -0.39 is 26.6 Å². The molecule has 5 nitrogen and oxygen atoms in total. The summed E-state index contributed by atoms with van der Waals surface area (Å²) in [7, 11) is -2.73. The van der Waals surface area contributed by atoms with E-state index in [9.17, 15) is 17.2 Å². The van der Waals surface area contributed by atoms with Crippen molar-refractivity contribution in [2.75, 3.05) is 11.8 Å². The summed E-state index contributed by atoms with van der Waals surface area (Å²) in [6.07, 6.45) is 0. The van der Waals surface area contributed by atoms with E-state index in [-0.39, 0.29) is 5.13 Å². The first-order valence-electron chi connectivity index (χ1n) is 6.32. The second-order valence-corrected chi connectivity index (χ2v) is 7.19. The third-order valence-corrected chi connectivity index (χ3v) is 5.44. The van der Waals surface area contributed by atoms with Gasteiger partial charge >= 0.3 is 0 Å². The maximum Gasteiger partial charge on any atom is 0.266 e. The van der Waals surface area contributed by atoms with Crippen LogP contribution in [-0.2, 0) is 10.0 Å². The minimum absolute atomic E-state index is 0.0632. The summed E-state index contributed by atoms with van der Waals surface area (Å²) in [5, 5.41) is 0.0632. The molecule has 0 aliphatic carbocycles. The molecule has 120 valence electrons. The largest absolute Gasteiger partial charge is 0.494 e. The molecule has 0 aliphatic heterocycles. The van der Waals surface area contributed by atoms with Crippen LogP contribution in [0.3, 0.4) is 0 Å². The van der Waals surface area contributed by atoms with Gasteiger partial charge in [0.2, 0.25) is 0 Å². The Balaban J connectivity index is 2.00. The van der Waals surface area contributed by atoms with Crippen molar-refractivity contribution >= 4 is 36.7 Å². The fourth-order valence-corrected chi connectivity index (χ4v) is 4.17. The van der Waals surface area contributed by atoms with Crippen LogP contribution in [0.2, 0.25) is 0 Å².